The highest BCUT2D eigenvalue weighted by atomic mass is 79.9. The Balaban J connectivity index is 1.96. The maximum Gasteiger partial charge on any atom is 0.230 e. The monoisotopic (exact) mass is 392 g/mol. The Hall–Kier alpha value is -1.33. The van der Waals surface area contributed by atoms with Gasteiger partial charge in [-0.3, -0.25) is 4.79 Å². The number of nitrogens with one attached hydrogen (secondary N) is 1. The number of nitrogens with zero attached hydrogens (tertiary/aromatic N) is 1. The number of carbonyl (C=O) groups excluding carboxylic acids is 1. The van der Waals surface area contributed by atoms with Gasteiger partial charge in [-0.25, -0.2) is 4.98 Å². The van der Waals surface area contributed by atoms with E-state index in [2.05, 4.69) is 52.2 Å². The average Bonchev–Trinajstić information content (AvgIpc) is 2.54. The number of halogens is 1. The smallest absolute Gasteiger partial charge is 0.230 e. The van der Waals surface area contributed by atoms with Gasteiger partial charge in [-0.15, -0.1) is 0 Å². The van der Waals surface area contributed by atoms with E-state index in [1.807, 2.05) is 30.3 Å². The van der Waals surface area contributed by atoms with Gasteiger partial charge in [0.1, 0.15) is 5.03 Å². The van der Waals surface area contributed by atoms with Crippen molar-refractivity contribution in [3.05, 3.63) is 58.7 Å². The maximum atomic E-state index is 12.3. The Morgan fingerprint density at radius 1 is 1.22 bits per heavy atom. The number of aromatic nitrogens is 1. The molecule has 0 saturated heterocycles. The van der Waals surface area contributed by atoms with E-state index in [1.54, 1.807) is 6.20 Å². The van der Waals surface area contributed by atoms with Crippen LogP contribution in [0.2, 0.25) is 0 Å². The molecule has 3 nitrogen and oxygen atoms in total. The molecular formula is C18H21BrN2OS. The van der Waals surface area contributed by atoms with Crippen LogP contribution in [0, 0.1) is 5.92 Å². The van der Waals surface area contributed by atoms with Crippen LogP contribution >= 0.6 is 27.7 Å². The lowest BCUT2D eigenvalue weighted by Gasteiger charge is -2.21. The van der Waals surface area contributed by atoms with Crippen LogP contribution in [0.3, 0.4) is 0 Å². The van der Waals surface area contributed by atoms with E-state index in [0.29, 0.717) is 11.7 Å². The zero-order valence-electron chi connectivity index (χ0n) is 13.3. The van der Waals surface area contributed by atoms with Crippen molar-refractivity contribution >= 4 is 33.6 Å². The molecular weight excluding hydrogens is 372 g/mol. The molecule has 0 saturated carbocycles. The molecule has 2 aromatic rings. The lowest BCUT2D eigenvalue weighted by Crippen LogP contribution is -2.30. The highest BCUT2D eigenvalue weighted by Crippen LogP contribution is 2.25. The van der Waals surface area contributed by atoms with Crippen LogP contribution in [-0.2, 0) is 4.79 Å². The van der Waals surface area contributed by atoms with Crippen molar-refractivity contribution in [2.45, 2.75) is 31.3 Å². The molecule has 1 amide bonds. The summed E-state index contributed by atoms with van der Waals surface area (Å²) in [5, 5.41) is 3.99. The third kappa shape index (κ3) is 5.99. The van der Waals surface area contributed by atoms with Crippen LogP contribution in [0.4, 0.5) is 0 Å². The number of hydrogen-bond donors (Lipinski definition) is 1. The molecule has 0 bridgehead atoms. The van der Waals surface area contributed by atoms with Gasteiger partial charge in [0.05, 0.1) is 11.8 Å². The van der Waals surface area contributed by atoms with Gasteiger partial charge < -0.3 is 5.32 Å². The van der Waals surface area contributed by atoms with E-state index >= 15 is 0 Å². The Bertz CT molecular complexity index is 634. The highest BCUT2D eigenvalue weighted by molar-refractivity contribution is 9.10. The van der Waals surface area contributed by atoms with Gasteiger partial charge >= 0.3 is 0 Å². The molecule has 0 aliphatic carbocycles. The number of carbonyl (C=O) groups is 1. The van der Waals surface area contributed by atoms with Gasteiger partial charge in [0.15, 0.2) is 0 Å². The summed E-state index contributed by atoms with van der Waals surface area (Å²) in [7, 11) is 0. The number of benzene rings is 1. The molecule has 0 radical (unpaired) electrons. The van der Waals surface area contributed by atoms with E-state index < -0.39 is 0 Å². The molecule has 0 spiro atoms. The zero-order chi connectivity index (χ0) is 16.7. The molecule has 1 atom stereocenters. The standard InChI is InChI=1S/C18H21BrN2OS/c1-13(2)11-16(14-7-4-3-5-8-14)21-17(22)12-23-18-15(19)9-6-10-20-18/h3-10,13,16H,11-12H2,1-2H3,(H,21,22). The van der Waals surface area contributed by atoms with Crippen molar-refractivity contribution in [3.8, 4) is 0 Å². The molecule has 1 heterocycles. The first-order valence-corrected chi connectivity index (χ1v) is 9.41. The van der Waals surface area contributed by atoms with Crippen LogP contribution in [0.25, 0.3) is 0 Å². The third-order valence-electron chi connectivity index (χ3n) is 3.31. The van der Waals surface area contributed by atoms with Crippen LogP contribution in [-0.4, -0.2) is 16.6 Å². The second kappa shape index (κ2) is 9.08. The molecule has 1 aromatic heterocycles. The minimum absolute atomic E-state index is 0.0297. The van der Waals surface area contributed by atoms with Crippen molar-refractivity contribution in [2.75, 3.05) is 5.75 Å². The SMILES string of the molecule is CC(C)CC(NC(=O)CSc1ncccc1Br)c1ccccc1. The minimum Gasteiger partial charge on any atom is -0.349 e. The second-order valence-corrected chi connectivity index (χ2v) is 7.56. The molecule has 2 rings (SSSR count). The summed E-state index contributed by atoms with van der Waals surface area (Å²) >= 11 is 4.89. The zero-order valence-corrected chi connectivity index (χ0v) is 15.7. The molecule has 5 heteroatoms. The van der Waals surface area contributed by atoms with Crippen molar-refractivity contribution in [1.29, 1.82) is 0 Å². The van der Waals surface area contributed by atoms with Gasteiger partial charge in [-0.2, -0.15) is 0 Å². The van der Waals surface area contributed by atoms with Crippen molar-refractivity contribution < 1.29 is 4.79 Å². The highest BCUT2D eigenvalue weighted by Gasteiger charge is 2.16. The summed E-state index contributed by atoms with van der Waals surface area (Å²) in [5.74, 6) is 0.900. The van der Waals surface area contributed by atoms with Crippen molar-refractivity contribution in [3.63, 3.8) is 0 Å². The van der Waals surface area contributed by atoms with Crippen molar-refractivity contribution in [1.82, 2.24) is 10.3 Å². The average molecular weight is 393 g/mol. The summed E-state index contributed by atoms with van der Waals surface area (Å²) in [5.41, 5.74) is 1.15. The van der Waals surface area contributed by atoms with Crippen LogP contribution < -0.4 is 5.32 Å². The van der Waals surface area contributed by atoms with Gasteiger partial charge in [0.25, 0.3) is 0 Å². The number of pyridine rings is 1. The Labute approximate surface area is 150 Å². The quantitative estimate of drug-likeness (QED) is 0.685. The summed E-state index contributed by atoms with van der Waals surface area (Å²) in [4.78, 5) is 16.6. The van der Waals surface area contributed by atoms with E-state index in [-0.39, 0.29) is 11.9 Å². The molecule has 1 N–H and O–H groups in total. The molecule has 0 fully saturated rings. The third-order valence-corrected chi connectivity index (χ3v) is 5.22. The first-order valence-electron chi connectivity index (χ1n) is 7.64. The summed E-state index contributed by atoms with van der Waals surface area (Å²) in [6.07, 6.45) is 2.66. The molecule has 23 heavy (non-hydrogen) atoms. The predicted octanol–water partition coefficient (Wildman–Crippen LogP) is 4.84. The van der Waals surface area contributed by atoms with Crippen molar-refractivity contribution in [2.24, 2.45) is 5.92 Å². The number of thioether (sulfide) groups is 1. The lowest BCUT2D eigenvalue weighted by atomic mass is 9.97. The molecule has 1 aromatic carbocycles. The normalized spacial score (nSPS) is 12.2. The van der Waals surface area contributed by atoms with E-state index in [0.717, 1.165) is 21.5 Å². The molecule has 1 unspecified atom stereocenters. The largest absolute Gasteiger partial charge is 0.349 e. The maximum absolute atomic E-state index is 12.3. The van der Waals surface area contributed by atoms with Gasteiger partial charge in [0, 0.05) is 10.7 Å². The molecule has 0 aliphatic rings. The molecule has 0 aliphatic heterocycles. The summed E-state index contributed by atoms with van der Waals surface area (Å²) in [6.45, 7) is 4.34. The summed E-state index contributed by atoms with van der Waals surface area (Å²) in [6, 6.07) is 14.0. The fraction of sp³-hybridized carbons (Fsp3) is 0.333. The van der Waals surface area contributed by atoms with Crippen LogP contribution in [0.15, 0.2) is 58.2 Å². The van der Waals surface area contributed by atoms with E-state index in [1.165, 1.54) is 11.8 Å². The first-order chi connectivity index (χ1) is 11.1. The molecule has 122 valence electrons. The second-order valence-electron chi connectivity index (χ2n) is 5.74. The fourth-order valence-corrected chi connectivity index (χ4v) is 3.57. The van der Waals surface area contributed by atoms with Crippen LogP contribution in [0.5, 0.6) is 0 Å². The van der Waals surface area contributed by atoms with Gasteiger partial charge in [-0.1, -0.05) is 55.9 Å². The minimum atomic E-state index is 0.0297. The fourth-order valence-electron chi connectivity index (χ4n) is 2.28. The number of amides is 1. The number of rotatable bonds is 7. The van der Waals surface area contributed by atoms with Crippen LogP contribution in [0.1, 0.15) is 31.9 Å². The number of hydrogen-bond acceptors (Lipinski definition) is 3. The Morgan fingerprint density at radius 2 is 1.96 bits per heavy atom. The van der Waals surface area contributed by atoms with Gasteiger partial charge in [-0.05, 0) is 46.0 Å². The van der Waals surface area contributed by atoms with E-state index in [9.17, 15) is 4.79 Å². The van der Waals surface area contributed by atoms with Gasteiger partial charge in [0.2, 0.25) is 5.91 Å². The lowest BCUT2D eigenvalue weighted by molar-refractivity contribution is -0.119. The first kappa shape index (κ1) is 18.0. The Kier molecular flexibility index (Phi) is 7.12. The topological polar surface area (TPSA) is 42.0 Å². The Morgan fingerprint density at radius 3 is 2.61 bits per heavy atom. The summed E-state index contributed by atoms with van der Waals surface area (Å²) < 4.78 is 0.916. The predicted molar refractivity (Wildman–Crippen MR) is 99.4 cm³/mol. The van der Waals surface area contributed by atoms with E-state index in [4.69, 9.17) is 0 Å².